The van der Waals surface area contributed by atoms with Crippen molar-refractivity contribution in [3.8, 4) is 0 Å². The van der Waals surface area contributed by atoms with Gasteiger partial charge in [-0.05, 0) is 74.1 Å². The highest BCUT2D eigenvalue weighted by Crippen LogP contribution is 2.39. The van der Waals surface area contributed by atoms with Gasteiger partial charge in [0.05, 0.1) is 67.2 Å². The van der Waals surface area contributed by atoms with E-state index in [1.54, 1.807) is 40.2 Å². The van der Waals surface area contributed by atoms with Crippen LogP contribution in [0.4, 0.5) is 0 Å². The largest absolute Gasteiger partial charge is 0.515 e. The van der Waals surface area contributed by atoms with E-state index >= 15 is 0 Å². The summed E-state index contributed by atoms with van der Waals surface area (Å²) in [6, 6.07) is 0. The molecule has 5 heterocycles. The molecule has 12 heteroatoms. The van der Waals surface area contributed by atoms with Crippen molar-refractivity contribution in [1.82, 2.24) is 10.2 Å². The molecule has 1 atom stereocenters. The summed E-state index contributed by atoms with van der Waals surface area (Å²) in [4.78, 5) is 40.1. The van der Waals surface area contributed by atoms with Crippen LogP contribution in [0.2, 0.25) is 0 Å². The molecule has 5 aliphatic heterocycles. The standard InChI is InChI=1S/C34H41N5O4.C4H8O2.C2H6O/c1-8-22-19(3)28-14-32-24(16-40)20(4)27(37-32)13-26-18(2)11-30(35-26)23(12-33(42)39(6)9-10-43-7)34-25(17-41)21(5)29(38-34)15-31(22)36-28;1-3-4(5)6-2;1-3-2/h13-15,17-18,35,40-41H,8-12,16H2,1-7H3;3H2,1-2H3;1-2H3/b25-17+,26-13?,30-23?,31-15?,32-14?;;. The number of aliphatic hydroxyl groups excluding tert-OH is 2. The normalized spacial score (nSPS) is 19.9. The van der Waals surface area contributed by atoms with Gasteiger partial charge in [-0.2, -0.15) is 0 Å². The van der Waals surface area contributed by atoms with Crippen molar-refractivity contribution in [3.05, 3.63) is 92.0 Å². The van der Waals surface area contributed by atoms with Gasteiger partial charge in [-0.1, -0.05) is 20.8 Å². The van der Waals surface area contributed by atoms with E-state index in [1.807, 2.05) is 32.1 Å². The summed E-state index contributed by atoms with van der Waals surface area (Å²) < 4.78 is 13.7. The summed E-state index contributed by atoms with van der Waals surface area (Å²) >= 11 is 0. The first-order valence-corrected chi connectivity index (χ1v) is 17.5. The first-order valence-electron chi connectivity index (χ1n) is 17.5. The molecular weight excluding hydrogens is 662 g/mol. The van der Waals surface area contributed by atoms with Crippen LogP contribution in [-0.2, 0) is 23.8 Å². The van der Waals surface area contributed by atoms with Crippen LogP contribution in [0.3, 0.4) is 0 Å². The van der Waals surface area contributed by atoms with E-state index in [4.69, 9.17) is 19.7 Å². The van der Waals surface area contributed by atoms with Gasteiger partial charge in [-0.15, -0.1) is 0 Å². The number of likely N-dealkylation sites (N-methyl/N-ethyl adjacent to an activating group) is 1. The maximum atomic E-state index is 13.5. The number of carbonyl (C=O) groups excluding carboxylic acids is 2. The Morgan fingerprint density at radius 2 is 1.56 bits per heavy atom. The molecule has 0 radical (unpaired) electrons. The lowest BCUT2D eigenvalue weighted by Gasteiger charge is -2.20. The Bertz CT molecular complexity index is 1770. The molecule has 0 aromatic rings. The highest BCUT2D eigenvalue weighted by atomic mass is 16.5. The van der Waals surface area contributed by atoms with Crippen LogP contribution in [0, 0.1) is 5.92 Å². The van der Waals surface area contributed by atoms with Gasteiger partial charge >= 0.3 is 5.97 Å². The minimum absolute atomic E-state index is 0.0662. The zero-order chi connectivity index (χ0) is 38.7. The summed E-state index contributed by atoms with van der Waals surface area (Å²) in [7, 11) is 8.01. The third-order valence-corrected chi connectivity index (χ3v) is 9.42. The molecule has 12 nitrogen and oxygen atoms in total. The second-order valence-electron chi connectivity index (χ2n) is 12.9. The minimum Gasteiger partial charge on any atom is -0.515 e. The maximum absolute atomic E-state index is 13.5. The summed E-state index contributed by atoms with van der Waals surface area (Å²) in [6.45, 7) is 12.8. The number of hydrogen-bond donors (Lipinski definition) is 3. The lowest BCUT2D eigenvalue weighted by molar-refractivity contribution is -0.140. The number of rotatable bonds is 8. The molecule has 0 saturated carbocycles. The molecule has 1 fully saturated rings. The Labute approximate surface area is 308 Å². The van der Waals surface area contributed by atoms with E-state index in [0.717, 1.165) is 74.6 Å². The van der Waals surface area contributed by atoms with Gasteiger partial charge in [0.1, 0.15) is 0 Å². The topological polar surface area (TPSA) is 155 Å². The minimum atomic E-state index is -0.157. The monoisotopic (exact) mass is 717 g/mol. The van der Waals surface area contributed by atoms with Gasteiger partial charge in [0.25, 0.3) is 0 Å². The van der Waals surface area contributed by atoms with Gasteiger partial charge < -0.3 is 34.6 Å². The number of allylic oxidation sites excluding steroid dienone is 10. The quantitative estimate of drug-likeness (QED) is 0.205. The highest BCUT2D eigenvalue weighted by molar-refractivity contribution is 6.20. The van der Waals surface area contributed by atoms with E-state index in [-0.39, 0.29) is 30.8 Å². The molecule has 1 unspecified atom stereocenters. The second kappa shape index (κ2) is 19.3. The number of methoxy groups -OCH3 is 3. The van der Waals surface area contributed by atoms with Crippen molar-refractivity contribution in [2.45, 2.75) is 67.2 Å². The summed E-state index contributed by atoms with van der Waals surface area (Å²) in [5.41, 5.74) is 12.3. The molecule has 282 valence electrons. The molecule has 5 rings (SSSR count). The van der Waals surface area contributed by atoms with Crippen LogP contribution in [0.15, 0.2) is 107 Å². The molecule has 0 aromatic heterocycles. The molecule has 1 amide bonds. The SMILES string of the molecule is CCC(=O)OC.CCC1=C(C)C2=NC1=CC1=C(C)/C(=C\O)C(=N1)C(CC(=O)N(C)CCOC)=C1CC(C)C(=CC3=NC(=C2)C(CO)=C3C)N1.COC. The van der Waals surface area contributed by atoms with E-state index < -0.39 is 0 Å². The van der Waals surface area contributed by atoms with Crippen molar-refractivity contribution >= 4 is 29.0 Å². The third kappa shape index (κ3) is 9.41. The van der Waals surface area contributed by atoms with Gasteiger partial charge in [0.15, 0.2) is 0 Å². The van der Waals surface area contributed by atoms with E-state index in [9.17, 15) is 19.8 Å². The molecule has 0 aromatic carbocycles. The van der Waals surface area contributed by atoms with Crippen LogP contribution in [-0.4, -0.2) is 99.4 Å². The summed E-state index contributed by atoms with van der Waals surface area (Å²) in [5.74, 6) is -0.0987. The van der Waals surface area contributed by atoms with Crippen molar-refractivity contribution in [3.63, 3.8) is 0 Å². The first kappa shape index (κ1) is 41.8. The van der Waals surface area contributed by atoms with Gasteiger partial charge in [-0.25, -0.2) is 15.0 Å². The Morgan fingerprint density at radius 3 is 2.10 bits per heavy atom. The van der Waals surface area contributed by atoms with E-state index in [0.29, 0.717) is 48.7 Å². The number of aliphatic imine (C=N–C) groups is 3. The van der Waals surface area contributed by atoms with E-state index in [2.05, 4.69) is 35.6 Å². The summed E-state index contributed by atoms with van der Waals surface area (Å²) in [6.07, 6.45) is 9.09. The smallest absolute Gasteiger partial charge is 0.305 e. The lowest BCUT2D eigenvalue weighted by Crippen LogP contribution is -2.31. The molecule has 8 bridgehead atoms. The van der Waals surface area contributed by atoms with Gasteiger partial charge in [0.2, 0.25) is 5.91 Å². The highest BCUT2D eigenvalue weighted by Gasteiger charge is 2.33. The Balaban J connectivity index is 0.000000725. The fourth-order valence-electron chi connectivity index (χ4n) is 6.19. The van der Waals surface area contributed by atoms with Crippen LogP contribution in [0.25, 0.3) is 0 Å². The number of amides is 1. The number of aliphatic hydroxyl groups is 2. The zero-order valence-electron chi connectivity index (χ0n) is 32.6. The van der Waals surface area contributed by atoms with Crippen molar-refractivity contribution in [1.29, 1.82) is 0 Å². The fourth-order valence-corrected chi connectivity index (χ4v) is 6.19. The Hall–Kier alpha value is -4.65. The number of hydrogen-bond acceptors (Lipinski definition) is 11. The molecule has 3 N–H and O–H groups in total. The molecule has 52 heavy (non-hydrogen) atoms. The number of fused-ring (bicyclic) bond motifs is 5. The van der Waals surface area contributed by atoms with E-state index in [1.165, 1.54) is 7.11 Å². The molecular formula is C40H55N5O7. The zero-order valence-corrected chi connectivity index (χ0v) is 32.6. The second-order valence-corrected chi connectivity index (χ2v) is 12.9. The molecule has 5 aliphatic rings. The Morgan fingerprint density at radius 1 is 0.942 bits per heavy atom. The molecule has 1 saturated heterocycles. The first-order chi connectivity index (χ1) is 24.8. The molecule has 0 aliphatic carbocycles. The summed E-state index contributed by atoms with van der Waals surface area (Å²) in [5, 5.41) is 24.3. The van der Waals surface area contributed by atoms with Crippen LogP contribution < -0.4 is 5.32 Å². The fraction of sp³-hybridized carbons (Fsp3) is 0.475. The Kier molecular flexibility index (Phi) is 15.5. The van der Waals surface area contributed by atoms with Crippen LogP contribution in [0.5, 0.6) is 0 Å². The average Bonchev–Trinajstić information content (AvgIpc) is 3.83. The number of nitrogens with one attached hydrogen (secondary N) is 1. The maximum Gasteiger partial charge on any atom is 0.305 e. The van der Waals surface area contributed by atoms with Crippen LogP contribution in [0.1, 0.15) is 67.2 Å². The number of carbonyl (C=O) groups is 2. The lowest BCUT2D eigenvalue weighted by atomic mass is 9.93. The van der Waals surface area contributed by atoms with Crippen molar-refractivity contribution < 1.29 is 34.0 Å². The van der Waals surface area contributed by atoms with Crippen LogP contribution >= 0.6 is 0 Å². The van der Waals surface area contributed by atoms with Gasteiger partial charge in [0, 0.05) is 75.4 Å². The number of ether oxygens (including phenoxy) is 3. The predicted octanol–water partition coefficient (Wildman–Crippen LogP) is 5.98. The number of nitrogens with zero attached hydrogens (tertiary/aromatic N) is 4. The van der Waals surface area contributed by atoms with Crippen molar-refractivity contribution in [2.75, 3.05) is 55.2 Å². The predicted molar refractivity (Wildman–Crippen MR) is 206 cm³/mol. The average molecular weight is 718 g/mol. The third-order valence-electron chi connectivity index (χ3n) is 9.42. The molecule has 0 spiro atoms. The van der Waals surface area contributed by atoms with Gasteiger partial charge in [-0.3, -0.25) is 9.59 Å². The number of esters is 1. The van der Waals surface area contributed by atoms with Crippen molar-refractivity contribution in [2.24, 2.45) is 20.9 Å².